The Balaban J connectivity index is 1.64. The van der Waals surface area contributed by atoms with E-state index in [-0.39, 0.29) is 5.76 Å². The molecule has 0 bridgehead atoms. The van der Waals surface area contributed by atoms with Crippen molar-refractivity contribution in [3.05, 3.63) is 84.1 Å². The zero-order valence-corrected chi connectivity index (χ0v) is 18.4. The van der Waals surface area contributed by atoms with Crippen LogP contribution in [0.4, 0.5) is 11.4 Å². The molecule has 4 rings (SSSR count). The number of fused-ring (bicyclic) bond motifs is 1. The summed E-state index contributed by atoms with van der Waals surface area (Å²) in [6, 6.07) is 21.1. The van der Waals surface area contributed by atoms with E-state index in [0.717, 1.165) is 0 Å². The number of ether oxygens (including phenoxy) is 2. The number of carbonyl (C=O) groups excluding carboxylic acids is 2. The van der Waals surface area contributed by atoms with Gasteiger partial charge < -0.3 is 24.5 Å². The quantitative estimate of drug-likeness (QED) is 0.362. The van der Waals surface area contributed by atoms with E-state index >= 15 is 0 Å². The third-order valence-electron chi connectivity index (χ3n) is 4.89. The predicted octanol–water partition coefficient (Wildman–Crippen LogP) is 5.73. The summed E-state index contributed by atoms with van der Waals surface area (Å²) in [6.45, 7) is 4.73. The fraction of sp³-hybridized carbons (Fsp3) is 0.154. The van der Waals surface area contributed by atoms with Crippen molar-refractivity contribution in [2.24, 2.45) is 0 Å². The van der Waals surface area contributed by atoms with Crippen molar-refractivity contribution in [3.63, 3.8) is 0 Å². The summed E-state index contributed by atoms with van der Waals surface area (Å²) >= 11 is 0. The van der Waals surface area contributed by atoms with Crippen molar-refractivity contribution in [2.75, 3.05) is 23.8 Å². The van der Waals surface area contributed by atoms with E-state index in [0.29, 0.717) is 52.6 Å². The molecule has 0 unspecified atom stereocenters. The Hall–Kier alpha value is -4.26. The van der Waals surface area contributed by atoms with Crippen molar-refractivity contribution in [2.45, 2.75) is 13.8 Å². The summed E-state index contributed by atoms with van der Waals surface area (Å²) in [5.74, 6) is 0.294. The molecule has 0 saturated carbocycles. The molecule has 0 fully saturated rings. The Morgan fingerprint density at radius 3 is 2.24 bits per heavy atom. The highest BCUT2D eigenvalue weighted by molar-refractivity contribution is 6.17. The number of furan rings is 1. The molecule has 0 aliphatic heterocycles. The lowest BCUT2D eigenvalue weighted by Gasteiger charge is -2.11. The Morgan fingerprint density at radius 2 is 1.48 bits per heavy atom. The first-order valence-corrected chi connectivity index (χ1v) is 10.7. The fourth-order valence-corrected chi connectivity index (χ4v) is 3.43. The number of benzene rings is 3. The van der Waals surface area contributed by atoms with Gasteiger partial charge in [-0.2, -0.15) is 0 Å². The van der Waals surface area contributed by atoms with Gasteiger partial charge in [-0.1, -0.05) is 24.3 Å². The topological polar surface area (TPSA) is 89.8 Å². The number of hydrogen-bond acceptors (Lipinski definition) is 5. The van der Waals surface area contributed by atoms with Crippen LogP contribution < -0.4 is 20.1 Å². The minimum atomic E-state index is -0.483. The van der Waals surface area contributed by atoms with E-state index in [1.807, 2.05) is 19.9 Å². The molecule has 0 radical (unpaired) electrons. The number of amides is 2. The number of hydrogen-bond donors (Lipinski definition) is 2. The average molecular weight is 444 g/mol. The third-order valence-corrected chi connectivity index (χ3v) is 4.89. The van der Waals surface area contributed by atoms with Crippen molar-refractivity contribution >= 4 is 34.2 Å². The SMILES string of the molecule is CCOc1ccc(NC(=O)c2oc3ccccc3c2NC(=O)c2ccccc2OCC)cc1. The molecule has 2 N–H and O–H groups in total. The summed E-state index contributed by atoms with van der Waals surface area (Å²) in [4.78, 5) is 26.2. The standard InChI is InChI=1S/C26H24N2O5/c1-3-31-18-15-13-17(14-16-18)27-26(30)24-23(19-9-5-8-12-22(19)33-24)28-25(29)20-10-6-7-11-21(20)32-4-2/h5-16H,3-4H2,1-2H3,(H,27,30)(H,28,29). The smallest absolute Gasteiger partial charge is 0.293 e. The van der Waals surface area contributed by atoms with Crippen LogP contribution in [-0.2, 0) is 0 Å². The molecule has 168 valence electrons. The first-order valence-electron chi connectivity index (χ1n) is 10.7. The largest absolute Gasteiger partial charge is 0.494 e. The van der Waals surface area contributed by atoms with Crippen LogP contribution in [-0.4, -0.2) is 25.0 Å². The summed E-state index contributed by atoms with van der Waals surface area (Å²) in [6.07, 6.45) is 0. The highest BCUT2D eigenvalue weighted by Crippen LogP contribution is 2.32. The molecule has 3 aromatic carbocycles. The van der Waals surface area contributed by atoms with Gasteiger partial charge in [0.2, 0.25) is 5.76 Å². The van der Waals surface area contributed by atoms with Gasteiger partial charge in [0.15, 0.2) is 0 Å². The van der Waals surface area contributed by atoms with E-state index in [4.69, 9.17) is 13.9 Å². The summed E-state index contributed by atoms with van der Waals surface area (Å²) in [5.41, 5.74) is 1.72. The molecular weight excluding hydrogens is 420 g/mol. The zero-order chi connectivity index (χ0) is 23.2. The maximum atomic E-state index is 13.1. The Kier molecular flexibility index (Phi) is 6.59. The maximum absolute atomic E-state index is 13.1. The van der Waals surface area contributed by atoms with Crippen LogP contribution in [0.2, 0.25) is 0 Å². The van der Waals surface area contributed by atoms with Gasteiger partial charge in [-0.25, -0.2) is 0 Å². The van der Waals surface area contributed by atoms with Gasteiger partial charge in [-0.05, 0) is 62.4 Å². The van der Waals surface area contributed by atoms with Crippen molar-refractivity contribution in [3.8, 4) is 11.5 Å². The minimum Gasteiger partial charge on any atom is -0.494 e. The average Bonchev–Trinajstić information content (AvgIpc) is 3.19. The van der Waals surface area contributed by atoms with Crippen molar-refractivity contribution < 1.29 is 23.5 Å². The van der Waals surface area contributed by atoms with E-state index in [2.05, 4.69) is 10.6 Å². The number of para-hydroxylation sites is 2. The van der Waals surface area contributed by atoms with Gasteiger partial charge in [0.1, 0.15) is 22.8 Å². The molecule has 7 nitrogen and oxygen atoms in total. The van der Waals surface area contributed by atoms with Gasteiger partial charge in [0, 0.05) is 11.1 Å². The van der Waals surface area contributed by atoms with Gasteiger partial charge >= 0.3 is 0 Å². The molecule has 4 aromatic rings. The molecule has 0 aliphatic rings. The number of nitrogens with one attached hydrogen (secondary N) is 2. The maximum Gasteiger partial charge on any atom is 0.293 e. The second-order valence-electron chi connectivity index (χ2n) is 7.10. The molecule has 0 aliphatic carbocycles. The van der Waals surface area contributed by atoms with Crippen LogP contribution in [0.15, 0.2) is 77.2 Å². The Morgan fingerprint density at radius 1 is 0.788 bits per heavy atom. The lowest BCUT2D eigenvalue weighted by Crippen LogP contribution is -2.18. The third kappa shape index (κ3) is 4.82. The molecule has 1 aromatic heterocycles. The molecule has 33 heavy (non-hydrogen) atoms. The van der Waals surface area contributed by atoms with Crippen LogP contribution in [0, 0.1) is 0 Å². The van der Waals surface area contributed by atoms with Gasteiger partial charge in [-0.3, -0.25) is 9.59 Å². The minimum absolute atomic E-state index is 0.00678. The zero-order valence-electron chi connectivity index (χ0n) is 18.4. The van der Waals surface area contributed by atoms with E-state index in [9.17, 15) is 9.59 Å². The molecule has 2 amide bonds. The number of carbonyl (C=O) groups is 2. The highest BCUT2D eigenvalue weighted by Gasteiger charge is 2.24. The number of rotatable bonds is 8. The van der Waals surface area contributed by atoms with Crippen LogP contribution in [0.3, 0.4) is 0 Å². The second-order valence-corrected chi connectivity index (χ2v) is 7.10. The predicted molar refractivity (Wildman–Crippen MR) is 127 cm³/mol. The molecule has 0 spiro atoms. The fourth-order valence-electron chi connectivity index (χ4n) is 3.43. The Bertz CT molecular complexity index is 1280. The molecule has 7 heteroatoms. The number of anilines is 2. The monoisotopic (exact) mass is 444 g/mol. The molecule has 0 saturated heterocycles. The van der Waals surface area contributed by atoms with Crippen LogP contribution in [0.5, 0.6) is 11.5 Å². The first kappa shape index (κ1) is 22.0. The highest BCUT2D eigenvalue weighted by atomic mass is 16.5. The Labute approximate surface area is 191 Å². The lowest BCUT2D eigenvalue weighted by molar-refractivity contribution is 0.0999. The van der Waals surface area contributed by atoms with Crippen molar-refractivity contribution in [1.82, 2.24) is 0 Å². The van der Waals surface area contributed by atoms with Gasteiger partial charge in [0.25, 0.3) is 11.8 Å². The van der Waals surface area contributed by atoms with Gasteiger partial charge in [0.05, 0.1) is 18.8 Å². The second kappa shape index (κ2) is 9.91. The van der Waals surface area contributed by atoms with E-state index < -0.39 is 11.8 Å². The normalized spacial score (nSPS) is 10.6. The lowest BCUT2D eigenvalue weighted by atomic mass is 10.1. The first-order chi connectivity index (χ1) is 16.1. The van der Waals surface area contributed by atoms with Gasteiger partial charge in [-0.15, -0.1) is 0 Å². The summed E-state index contributed by atoms with van der Waals surface area (Å²) in [5, 5.41) is 6.28. The van der Waals surface area contributed by atoms with Crippen LogP contribution in [0.1, 0.15) is 34.8 Å². The van der Waals surface area contributed by atoms with Crippen molar-refractivity contribution in [1.29, 1.82) is 0 Å². The van der Waals surface area contributed by atoms with Crippen LogP contribution >= 0.6 is 0 Å². The molecular formula is C26H24N2O5. The summed E-state index contributed by atoms with van der Waals surface area (Å²) in [7, 11) is 0. The summed E-state index contributed by atoms with van der Waals surface area (Å²) < 4.78 is 16.8. The molecule has 1 heterocycles. The molecule has 0 atom stereocenters. The van der Waals surface area contributed by atoms with E-state index in [1.54, 1.807) is 66.7 Å². The van der Waals surface area contributed by atoms with E-state index in [1.165, 1.54) is 0 Å². The van der Waals surface area contributed by atoms with Crippen LogP contribution in [0.25, 0.3) is 11.0 Å².